The molecule has 0 aliphatic carbocycles. The number of aromatic hydroxyl groups is 1. The molecule has 43 heavy (non-hydrogen) atoms. The zero-order valence-corrected chi connectivity index (χ0v) is 24.5. The number of hydrogen-bond donors (Lipinski definition) is 4. The third kappa shape index (κ3) is 9.72. The van der Waals surface area contributed by atoms with Crippen molar-refractivity contribution in [3.63, 3.8) is 0 Å². The third-order valence-corrected chi connectivity index (χ3v) is 7.18. The number of nitrogens with one attached hydrogen (secondary N) is 1. The Balaban J connectivity index is 0.000000646. The van der Waals surface area contributed by atoms with E-state index in [1.54, 1.807) is 12.1 Å². The lowest BCUT2D eigenvalue weighted by atomic mass is 9.96. The van der Waals surface area contributed by atoms with Gasteiger partial charge in [-0.1, -0.05) is 30.3 Å². The number of carboxylic acid groups (broad SMARTS) is 1. The molecular weight excluding hydrogens is 563 g/mol. The van der Waals surface area contributed by atoms with Gasteiger partial charge in [-0.3, -0.25) is 9.69 Å². The molecule has 0 fully saturated rings. The Morgan fingerprint density at radius 3 is 2.30 bits per heavy atom. The fraction of sp³-hybridized carbons (Fsp3) is 0.375. The van der Waals surface area contributed by atoms with Crippen LogP contribution in [0.3, 0.4) is 0 Å². The summed E-state index contributed by atoms with van der Waals surface area (Å²) in [5.74, 6) is -1.96. The molecular formula is C32H38F3N3O5. The maximum atomic E-state index is 12.9. The van der Waals surface area contributed by atoms with E-state index in [0.717, 1.165) is 54.1 Å². The highest BCUT2D eigenvalue weighted by atomic mass is 19.4. The Bertz CT molecular complexity index is 1400. The van der Waals surface area contributed by atoms with Gasteiger partial charge in [0.25, 0.3) is 0 Å². The van der Waals surface area contributed by atoms with Crippen molar-refractivity contribution in [1.82, 2.24) is 10.2 Å². The van der Waals surface area contributed by atoms with E-state index in [4.69, 9.17) is 20.4 Å². The van der Waals surface area contributed by atoms with Gasteiger partial charge >= 0.3 is 12.1 Å². The summed E-state index contributed by atoms with van der Waals surface area (Å²) >= 11 is 0. The number of halogens is 3. The van der Waals surface area contributed by atoms with Crippen molar-refractivity contribution >= 4 is 11.9 Å². The second-order valence-corrected chi connectivity index (χ2v) is 10.5. The predicted molar refractivity (Wildman–Crippen MR) is 157 cm³/mol. The van der Waals surface area contributed by atoms with Gasteiger partial charge < -0.3 is 26.0 Å². The van der Waals surface area contributed by atoms with E-state index in [1.807, 2.05) is 26.8 Å². The first kappa shape index (κ1) is 33.4. The number of ether oxygens (including phenoxy) is 1. The molecule has 0 unspecified atom stereocenters. The summed E-state index contributed by atoms with van der Waals surface area (Å²) < 4.78 is 37.6. The predicted octanol–water partition coefficient (Wildman–Crippen LogP) is 4.79. The molecule has 8 nitrogen and oxygen atoms in total. The van der Waals surface area contributed by atoms with Gasteiger partial charge in [0.2, 0.25) is 5.91 Å². The topological polar surface area (TPSA) is 125 Å². The summed E-state index contributed by atoms with van der Waals surface area (Å²) in [6.45, 7) is 9.54. The zero-order chi connectivity index (χ0) is 31.7. The monoisotopic (exact) mass is 601 g/mol. The van der Waals surface area contributed by atoms with Crippen molar-refractivity contribution in [1.29, 1.82) is 0 Å². The van der Waals surface area contributed by atoms with Crippen LogP contribution < -0.4 is 15.8 Å². The number of carbonyl (C=O) groups is 2. The Morgan fingerprint density at radius 1 is 1.07 bits per heavy atom. The number of nitrogens with zero attached hydrogens (tertiary/aromatic N) is 1. The van der Waals surface area contributed by atoms with E-state index < -0.39 is 18.2 Å². The summed E-state index contributed by atoms with van der Waals surface area (Å²) in [7, 11) is 0. The number of phenols is 1. The number of benzene rings is 3. The van der Waals surface area contributed by atoms with Crippen LogP contribution in [0.25, 0.3) is 0 Å². The Morgan fingerprint density at radius 2 is 1.70 bits per heavy atom. The minimum Gasteiger partial charge on any atom is -0.508 e. The van der Waals surface area contributed by atoms with E-state index >= 15 is 0 Å². The van der Waals surface area contributed by atoms with Crippen molar-refractivity contribution in [2.45, 2.75) is 65.5 Å². The van der Waals surface area contributed by atoms with Crippen molar-refractivity contribution in [3.8, 4) is 11.5 Å². The number of phenolic OH excluding ortho intramolecular Hbond substituents is 1. The van der Waals surface area contributed by atoms with E-state index in [2.05, 4.69) is 46.6 Å². The molecule has 1 atom stereocenters. The smallest absolute Gasteiger partial charge is 0.490 e. The van der Waals surface area contributed by atoms with Gasteiger partial charge in [0.15, 0.2) is 0 Å². The van der Waals surface area contributed by atoms with Gasteiger partial charge in [-0.2, -0.15) is 13.2 Å². The summed E-state index contributed by atoms with van der Waals surface area (Å²) in [5.41, 5.74) is 14.1. The standard InChI is InChI=1S/C30H37N3O3.C2HF3O2/c1-4-36-29-10-9-22(18-33-12-11-23-7-5-6-8-24(23)19-33)15-25(29)17-32-30(35)28(31)16-27-20(2)13-26(34)14-21(27)3;3-2(4,5)1(6)7/h5-10,13-15,28,34H,4,11-12,16-19,31H2,1-3H3,(H,32,35);(H,6,7)/t28-;/m0./s1. The first-order chi connectivity index (χ1) is 20.3. The lowest BCUT2D eigenvalue weighted by Gasteiger charge is -2.29. The highest BCUT2D eigenvalue weighted by Gasteiger charge is 2.38. The molecule has 1 aliphatic heterocycles. The van der Waals surface area contributed by atoms with E-state index in [9.17, 15) is 23.1 Å². The molecule has 0 aromatic heterocycles. The van der Waals surface area contributed by atoms with Crippen molar-refractivity contribution in [2.24, 2.45) is 5.73 Å². The van der Waals surface area contributed by atoms with Gasteiger partial charge in [-0.25, -0.2) is 4.79 Å². The van der Waals surface area contributed by atoms with Crippen LogP contribution in [-0.4, -0.2) is 52.4 Å². The average Bonchev–Trinajstić information content (AvgIpc) is 2.94. The molecule has 0 saturated carbocycles. The lowest BCUT2D eigenvalue weighted by Crippen LogP contribution is -2.42. The zero-order valence-electron chi connectivity index (χ0n) is 24.5. The molecule has 232 valence electrons. The molecule has 1 aliphatic rings. The molecule has 4 rings (SSSR count). The maximum absolute atomic E-state index is 12.9. The third-order valence-electron chi connectivity index (χ3n) is 7.18. The quantitative estimate of drug-likeness (QED) is 0.278. The van der Waals surface area contributed by atoms with Crippen LogP contribution in [0.1, 0.15) is 45.9 Å². The van der Waals surface area contributed by atoms with Gasteiger partial charge in [0.1, 0.15) is 11.5 Å². The fourth-order valence-electron chi connectivity index (χ4n) is 5.03. The Kier molecular flexibility index (Phi) is 11.6. The van der Waals surface area contributed by atoms with E-state index in [-0.39, 0.29) is 11.7 Å². The number of hydrogen-bond acceptors (Lipinski definition) is 6. The van der Waals surface area contributed by atoms with Crippen LogP contribution in [0, 0.1) is 13.8 Å². The highest BCUT2D eigenvalue weighted by Crippen LogP contribution is 2.25. The molecule has 1 amide bonds. The van der Waals surface area contributed by atoms with Gasteiger partial charge in [-0.05, 0) is 91.3 Å². The van der Waals surface area contributed by atoms with Gasteiger partial charge in [0.05, 0.1) is 12.6 Å². The average molecular weight is 602 g/mol. The number of aliphatic carboxylic acids is 1. The summed E-state index contributed by atoms with van der Waals surface area (Å²) in [6, 6.07) is 17.6. The number of carboxylic acids is 1. The van der Waals surface area contributed by atoms with Crippen LogP contribution >= 0.6 is 0 Å². The van der Waals surface area contributed by atoms with E-state index in [1.165, 1.54) is 16.7 Å². The molecule has 0 spiro atoms. The van der Waals surface area contributed by atoms with Crippen molar-refractivity contribution in [3.05, 3.63) is 93.5 Å². The molecule has 0 radical (unpaired) electrons. The van der Waals surface area contributed by atoms with Gasteiger partial charge in [-0.15, -0.1) is 0 Å². The Labute approximate surface area is 249 Å². The minimum absolute atomic E-state index is 0.206. The molecule has 3 aromatic rings. The summed E-state index contributed by atoms with van der Waals surface area (Å²) in [5, 5.41) is 19.9. The number of alkyl halides is 3. The number of carbonyl (C=O) groups excluding carboxylic acids is 1. The summed E-state index contributed by atoms with van der Waals surface area (Å²) in [6.07, 6.45) is -3.60. The Hall–Kier alpha value is -4.09. The number of rotatable bonds is 9. The van der Waals surface area contributed by atoms with Crippen LogP contribution in [0.4, 0.5) is 13.2 Å². The first-order valence-corrected chi connectivity index (χ1v) is 13.9. The molecule has 5 N–H and O–H groups in total. The molecule has 1 heterocycles. The van der Waals surface area contributed by atoms with Crippen molar-refractivity contribution < 1.29 is 37.7 Å². The van der Waals surface area contributed by atoms with Crippen molar-refractivity contribution in [2.75, 3.05) is 13.2 Å². The second kappa shape index (κ2) is 14.9. The van der Waals surface area contributed by atoms with Gasteiger partial charge in [0, 0.05) is 31.7 Å². The van der Waals surface area contributed by atoms with Crippen LogP contribution in [0.15, 0.2) is 54.6 Å². The minimum atomic E-state index is -5.08. The van der Waals surface area contributed by atoms with E-state index in [0.29, 0.717) is 19.6 Å². The lowest BCUT2D eigenvalue weighted by molar-refractivity contribution is -0.192. The molecule has 0 saturated heterocycles. The summed E-state index contributed by atoms with van der Waals surface area (Å²) in [4.78, 5) is 24.2. The largest absolute Gasteiger partial charge is 0.508 e. The molecule has 3 aromatic carbocycles. The maximum Gasteiger partial charge on any atom is 0.490 e. The normalized spacial score (nSPS) is 13.7. The first-order valence-electron chi connectivity index (χ1n) is 13.9. The fourth-order valence-corrected chi connectivity index (χ4v) is 5.03. The number of aryl methyl sites for hydroxylation is 2. The number of amides is 1. The molecule has 0 bridgehead atoms. The SMILES string of the molecule is CCOc1ccc(CN2CCc3ccccc3C2)cc1CNC(=O)[C@@H](N)Cc1c(C)cc(O)cc1C.O=C(O)C(F)(F)F. The van der Waals surface area contributed by atoms with Crippen LogP contribution in [-0.2, 0) is 42.1 Å². The molecule has 11 heteroatoms. The highest BCUT2D eigenvalue weighted by molar-refractivity contribution is 5.82. The van der Waals surface area contributed by atoms with Crippen LogP contribution in [0.5, 0.6) is 11.5 Å². The van der Waals surface area contributed by atoms with Crippen LogP contribution in [0.2, 0.25) is 0 Å². The number of nitrogens with two attached hydrogens (primary N) is 1. The number of fused-ring (bicyclic) bond motifs is 1. The second-order valence-electron chi connectivity index (χ2n) is 10.5.